The van der Waals surface area contributed by atoms with Gasteiger partial charge in [0.05, 0.1) is 0 Å². The Balaban J connectivity index is 2.80. The monoisotopic (exact) mass is 133 g/mol. The van der Waals surface area contributed by atoms with E-state index in [1.165, 1.54) is 11.1 Å². The molecule has 0 aliphatic carbocycles. The summed E-state index contributed by atoms with van der Waals surface area (Å²) < 4.78 is 0. The van der Waals surface area contributed by atoms with Crippen LogP contribution in [0.1, 0.15) is 18.1 Å². The van der Waals surface area contributed by atoms with Crippen molar-refractivity contribution < 1.29 is 0 Å². The minimum atomic E-state index is 0.893. The van der Waals surface area contributed by atoms with Crippen molar-refractivity contribution in [2.45, 2.75) is 19.8 Å². The number of aryl methyl sites for hydroxylation is 1. The zero-order chi connectivity index (χ0) is 7.40. The first-order chi connectivity index (χ1) is 4.86. The van der Waals surface area contributed by atoms with E-state index in [1.54, 1.807) is 0 Å². The van der Waals surface area contributed by atoms with Crippen LogP contribution in [-0.2, 0) is 12.8 Å². The largest absolute Gasteiger partial charge is 0.339 e. The number of hydrogen-bond donors (Lipinski definition) is 0. The summed E-state index contributed by atoms with van der Waals surface area (Å²) in [6.45, 7) is 5.98. The van der Waals surface area contributed by atoms with Gasteiger partial charge in [0.15, 0.2) is 0 Å². The summed E-state index contributed by atoms with van der Waals surface area (Å²) in [7, 11) is 0. The van der Waals surface area contributed by atoms with E-state index in [-0.39, 0.29) is 0 Å². The second-order valence-electron chi connectivity index (χ2n) is 2.42. The predicted octanol–water partition coefficient (Wildman–Crippen LogP) is 2.63. The molecule has 0 atom stereocenters. The molecule has 0 aliphatic heterocycles. The normalized spacial score (nSPS) is 9.80. The van der Waals surface area contributed by atoms with Crippen molar-refractivity contribution in [3.8, 4) is 0 Å². The summed E-state index contributed by atoms with van der Waals surface area (Å²) >= 11 is 0. The van der Waals surface area contributed by atoms with Gasteiger partial charge in [0.25, 0.3) is 0 Å². The van der Waals surface area contributed by atoms with Crippen molar-refractivity contribution in [3.05, 3.63) is 42.3 Å². The fourth-order valence-electron chi connectivity index (χ4n) is 0.942. The number of hydrogen-bond acceptors (Lipinski definition) is 0. The van der Waals surface area contributed by atoms with E-state index < -0.39 is 0 Å². The van der Waals surface area contributed by atoms with E-state index in [0.29, 0.717) is 0 Å². The van der Waals surface area contributed by atoms with Crippen LogP contribution in [-0.4, -0.2) is 0 Å². The van der Waals surface area contributed by atoms with Crippen LogP contribution in [0.3, 0.4) is 0 Å². The Morgan fingerprint density at radius 2 is 1.60 bits per heavy atom. The maximum absolute atomic E-state index is 3.81. The Hall–Kier alpha value is -0.780. The van der Waals surface area contributed by atoms with E-state index in [4.69, 9.17) is 0 Å². The second-order valence-corrected chi connectivity index (χ2v) is 2.42. The van der Waals surface area contributed by atoms with Crippen molar-refractivity contribution in [1.82, 2.24) is 0 Å². The first kappa shape index (κ1) is 7.33. The van der Waals surface area contributed by atoms with Crippen LogP contribution in [0, 0.1) is 6.92 Å². The molecule has 0 amide bonds. The zero-order valence-corrected chi connectivity index (χ0v) is 6.43. The van der Waals surface area contributed by atoms with Crippen LogP contribution in [0.5, 0.6) is 0 Å². The van der Waals surface area contributed by atoms with Gasteiger partial charge in [-0.25, -0.2) is 0 Å². The molecule has 0 bridgehead atoms. The minimum absolute atomic E-state index is 0.893. The highest BCUT2D eigenvalue weighted by molar-refractivity contribution is 5.22. The van der Waals surface area contributed by atoms with Crippen LogP contribution < -0.4 is 0 Å². The molecule has 0 saturated carbocycles. The summed E-state index contributed by atoms with van der Waals surface area (Å²) in [6, 6.07) is 8.62. The lowest BCUT2D eigenvalue weighted by molar-refractivity contribution is 1.13. The highest BCUT2D eigenvalue weighted by Gasteiger charge is 1.86. The lowest BCUT2D eigenvalue weighted by Gasteiger charge is -2.00. The highest BCUT2D eigenvalue weighted by atomic mass is 13.9. The van der Waals surface area contributed by atoms with Gasteiger partial charge in [-0.2, -0.15) is 6.42 Å². The molecular weight excluding hydrogens is 120 g/mol. The Labute approximate surface area is 62.9 Å². The lowest BCUT2D eigenvalue weighted by atomic mass is 10.1. The molecule has 0 spiro atoms. The van der Waals surface area contributed by atoms with Gasteiger partial charge in [0.2, 0.25) is 0 Å². The molecule has 0 heteroatoms. The number of rotatable bonds is 2. The third-order valence-electron chi connectivity index (χ3n) is 1.72. The van der Waals surface area contributed by atoms with Crippen molar-refractivity contribution in [2.75, 3.05) is 0 Å². The predicted molar refractivity (Wildman–Crippen MR) is 44.9 cm³/mol. The molecule has 1 rings (SSSR count). The Bertz CT molecular complexity index is 161. The summed E-state index contributed by atoms with van der Waals surface area (Å²) in [6.07, 6.45) is 2.02. The quantitative estimate of drug-likeness (QED) is 0.544. The molecule has 0 nitrogen and oxygen atoms in total. The Morgan fingerprint density at radius 1 is 1.10 bits per heavy atom. The third kappa shape index (κ3) is 1.60. The van der Waals surface area contributed by atoms with Crippen molar-refractivity contribution in [3.63, 3.8) is 0 Å². The number of benzene rings is 1. The highest BCUT2D eigenvalue weighted by Crippen LogP contribution is 2.04. The fourth-order valence-corrected chi connectivity index (χ4v) is 0.942. The third-order valence-corrected chi connectivity index (χ3v) is 1.72. The summed E-state index contributed by atoms with van der Waals surface area (Å²) in [5, 5.41) is 0. The first-order valence-electron chi connectivity index (χ1n) is 3.74. The molecule has 0 heterocycles. The first-order valence-corrected chi connectivity index (χ1v) is 3.74. The van der Waals surface area contributed by atoms with Gasteiger partial charge < -0.3 is 6.92 Å². The smallest absolute Gasteiger partial charge is 0.0307 e. The molecule has 10 heavy (non-hydrogen) atoms. The van der Waals surface area contributed by atoms with Gasteiger partial charge in [0.1, 0.15) is 0 Å². The van der Waals surface area contributed by atoms with Crippen LogP contribution in [0.15, 0.2) is 24.3 Å². The van der Waals surface area contributed by atoms with E-state index >= 15 is 0 Å². The van der Waals surface area contributed by atoms with Gasteiger partial charge in [-0.3, -0.25) is 0 Å². The van der Waals surface area contributed by atoms with Gasteiger partial charge >= 0.3 is 0 Å². The summed E-state index contributed by atoms with van der Waals surface area (Å²) in [5.74, 6) is 0. The molecule has 1 aromatic carbocycles. The van der Waals surface area contributed by atoms with Gasteiger partial charge in [0, 0.05) is 0 Å². The molecule has 0 aromatic heterocycles. The fraction of sp³-hybridized carbons (Fsp3) is 0.300. The Kier molecular flexibility index (Phi) is 2.49. The molecule has 0 aliphatic rings. The van der Waals surface area contributed by atoms with Crippen LogP contribution >= 0.6 is 0 Å². The molecule has 0 unspecified atom stereocenters. The van der Waals surface area contributed by atoms with Crippen LogP contribution in [0.25, 0.3) is 0 Å². The van der Waals surface area contributed by atoms with Crippen molar-refractivity contribution in [1.29, 1.82) is 0 Å². The molecule has 54 valence electrons. The SMILES string of the molecule is [CH2-]Cc1ccc(CC)cc1. The van der Waals surface area contributed by atoms with Gasteiger partial charge in [-0.05, 0) is 12.0 Å². The average molecular weight is 133 g/mol. The molecular formula is C10H13-. The Morgan fingerprint density at radius 3 is 2.00 bits per heavy atom. The average Bonchev–Trinajstić information content (AvgIpc) is 2.05. The van der Waals surface area contributed by atoms with E-state index in [1.807, 2.05) is 0 Å². The van der Waals surface area contributed by atoms with Crippen LogP contribution in [0.2, 0.25) is 0 Å². The molecule has 0 fully saturated rings. The van der Waals surface area contributed by atoms with E-state index in [9.17, 15) is 0 Å². The topological polar surface area (TPSA) is 0 Å². The second kappa shape index (κ2) is 3.40. The standard InChI is InChI=1S/C10H13/c1-3-9-5-7-10(4-2)8-6-9/h5-8H,1,3-4H2,2H3/q-1. The van der Waals surface area contributed by atoms with E-state index in [2.05, 4.69) is 38.1 Å². The summed E-state index contributed by atoms with van der Waals surface area (Å²) in [5.41, 5.74) is 2.72. The zero-order valence-electron chi connectivity index (χ0n) is 6.43. The van der Waals surface area contributed by atoms with Crippen molar-refractivity contribution in [2.24, 2.45) is 0 Å². The molecule has 0 radical (unpaired) electrons. The molecule has 0 N–H and O–H groups in total. The van der Waals surface area contributed by atoms with Crippen LogP contribution in [0.4, 0.5) is 0 Å². The maximum atomic E-state index is 3.81. The lowest BCUT2D eigenvalue weighted by Crippen LogP contribution is -1.82. The van der Waals surface area contributed by atoms with Gasteiger partial charge in [-0.1, -0.05) is 36.8 Å². The minimum Gasteiger partial charge on any atom is -0.339 e. The maximum Gasteiger partial charge on any atom is -0.0307 e. The molecule has 0 saturated heterocycles. The van der Waals surface area contributed by atoms with E-state index in [0.717, 1.165) is 12.8 Å². The van der Waals surface area contributed by atoms with Gasteiger partial charge in [-0.15, -0.1) is 0 Å². The molecule has 1 aromatic rings. The summed E-state index contributed by atoms with van der Waals surface area (Å²) in [4.78, 5) is 0. The van der Waals surface area contributed by atoms with Crippen molar-refractivity contribution >= 4 is 0 Å².